The molecule has 0 aliphatic rings. The van der Waals surface area contributed by atoms with Crippen molar-refractivity contribution in [3.63, 3.8) is 0 Å². The van der Waals surface area contributed by atoms with Gasteiger partial charge in [-0.3, -0.25) is 0 Å². The zero-order valence-corrected chi connectivity index (χ0v) is 11.7. The Morgan fingerprint density at radius 1 is 1.19 bits per heavy atom. The van der Waals surface area contributed by atoms with Crippen LogP contribution in [0.1, 0.15) is 25.5 Å². The molecule has 0 aliphatic carbocycles. The van der Waals surface area contributed by atoms with Gasteiger partial charge in [0.2, 0.25) is 0 Å². The van der Waals surface area contributed by atoms with Crippen molar-refractivity contribution in [2.24, 2.45) is 5.84 Å². The van der Waals surface area contributed by atoms with Gasteiger partial charge in [0.25, 0.3) is 0 Å². The lowest BCUT2D eigenvalue weighted by Crippen LogP contribution is -2.11. The summed E-state index contributed by atoms with van der Waals surface area (Å²) in [6.07, 6.45) is 0. The number of hydrogen-bond acceptors (Lipinski definition) is 5. The molecular weight excluding hydrogens is 278 g/mol. The molecule has 21 heavy (non-hydrogen) atoms. The number of hydrogen-bond donors (Lipinski definition) is 2. The zero-order chi connectivity index (χ0) is 15.4. The highest BCUT2D eigenvalue weighted by Crippen LogP contribution is 2.30. The Hall–Kier alpha value is -2.28. The number of nitrogens with two attached hydrogens (primary N) is 1. The van der Waals surface area contributed by atoms with E-state index in [1.165, 1.54) is 6.07 Å². The van der Waals surface area contributed by atoms with E-state index in [-0.39, 0.29) is 17.5 Å². The fraction of sp³-hybridized carbons (Fsp3) is 0.286. The van der Waals surface area contributed by atoms with Gasteiger partial charge in [0.05, 0.1) is 5.56 Å². The summed E-state index contributed by atoms with van der Waals surface area (Å²) in [7, 11) is 0. The summed E-state index contributed by atoms with van der Waals surface area (Å²) in [6, 6.07) is 8.09. The molecule has 0 saturated carbocycles. The van der Waals surface area contributed by atoms with E-state index < -0.39 is 6.61 Å². The zero-order valence-electron chi connectivity index (χ0n) is 11.7. The van der Waals surface area contributed by atoms with Crippen LogP contribution in [0.15, 0.2) is 30.3 Å². The van der Waals surface area contributed by atoms with E-state index in [0.29, 0.717) is 11.4 Å². The summed E-state index contributed by atoms with van der Waals surface area (Å²) in [4.78, 5) is 8.59. The van der Waals surface area contributed by atoms with Crippen molar-refractivity contribution in [1.82, 2.24) is 9.97 Å². The van der Waals surface area contributed by atoms with E-state index in [1.54, 1.807) is 24.3 Å². The maximum absolute atomic E-state index is 12.5. The van der Waals surface area contributed by atoms with Crippen LogP contribution in [0.25, 0.3) is 11.4 Å². The number of nitrogens with zero attached hydrogens (tertiary/aromatic N) is 2. The quantitative estimate of drug-likeness (QED) is 0.654. The van der Waals surface area contributed by atoms with Gasteiger partial charge in [0, 0.05) is 11.8 Å². The average molecular weight is 294 g/mol. The molecular formula is C14H16F2N4O. The number of nitrogens with one attached hydrogen (secondary N) is 1. The molecule has 0 aliphatic heterocycles. The van der Waals surface area contributed by atoms with Gasteiger partial charge < -0.3 is 10.2 Å². The minimum Gasteiger partial charge on any atom is -0.434 e. The maximum Gasteiger partial charge on any atom is 0.387 e. The van der Waals surface area contributed by atoms with E-state index >= 15 is 0 Å². The van der Waals surface area contributed by atoms with Crippen LogP contribution in [0.5, 0.6) is 5.75 Å². The van der Waals surface area contributed by atoms with Crippen molar-refractivity contribution in [2.45, 2.75) is 26.4 Å². The molecule has 0 spiro atoms. The first-order valence-electron chi connectivity index (χ1n) is 6.41. The monoisotopic (exact) mass is 294 g/mol. The Morgan fingerprint density at radius 3 is 2.52 bits per heavy atom. The van der Waals surface area contributed by atoms with Crippen molar-refractivity contribution in [3.8, 4) is 17.1 Å². The van der Waals surface area contributed by atoms with Crippen LogP contribution in [-0.4, -0.2) is 16.6 Å². The molecule has 3 N–H and O–H groups in total. The molecule has 0 fully saturated rings. The van der Waals surface area contributed by atoms with Gasteiger partial charge in [-0.2, -0.15) is 8.78 Å². The van der Waals surface area contributed by atoms with E-state index in [4.69, 9.17) is 5.84 Å². The Labute approximate surface area is 121 Å². The van der Waals surface area contributed by atoms with Crippen LogP contribution in [-0.2, 0) is 0 Å². The third kappa shape index (κ3) is 3.63. The average Bonchev–Trinajstić information content (AvgIpc) is 2.46. The summed E-state index contributed by atoms with van der Waals surface area (Å²) >= 11 is 0. The van der Waals surface area contributed by atoms with Crippen molar-refractivity contribution in [2.75, 3.05) is 5.43 Å². The number of benzene rings is 1. The number of nitrogen functional groups attached to an aromatic ring is 1. The number of ether oxygens (including phenoxy) is 1. The Balaban J connectivity index is 2.53. The van der Waals surface area contributed by atoms with Crippen LogP contribution < -0.4 is 16.0 Å². The van der Waals surface area contributed by atoms with Gasteiger partial charge in [-0.25, -0.2) is 15.8 Å². The summed E-state index contributed by atoms with van der Waals surface area (Å²) < 4.78 is 29.5. The Kier molecular flexibility index (Phi) is 4.64. The molecule has 0 amide bonds. The molecule has 1 aromatic carbocycles. The number of alkyl halides is 2. The van der Waals surface area contributed by atoms with Gasteiger partial charge >= 0.3 is 6.61 Å². The molecule has 0 unspecified atom stereocenters. The Morgan fingerprint density at radius 2 is 1.90 bits per heavy atom. The van der Waals surface area contributed by atoms with Crippen LogP contribution in [0.2, 0.25) is 0 Å². The van der Waals surface area contributed by atoms with Crippen LogP contribution in [0, 0.1) is 0 Å². The molecule has 1 aromatic heterocycles. The molecule has 0 bridgehead atoms. The number of hydrazine groups is 1. The summed E-state index contributed by atoms with van der Waals surface area (Å²) in [5, 5.41) is 0. The minimum atomic E-state index is -2.91. The predicted octanol–water partition coefficient (Wildman–Crippen LogP) is 3.15. The number of anilines is 1. The van der Waals surface area contributed by atoms with Crippen molar-refractivity contribution < 1.29 is 13.5 Å². The van der Waals surface area contributed by atoms with E-state index in [1.807, 2.05) is 13.8 Å². The van der Waals surface area contributed by atoms with E-state index in [0.717, 1.165) is 5.69 Å². The summed E-state index contributed by atoms with van der Waals surface area (Å²) in [5.74, 6) is 6.25. The van der Waals surface area contributed by atoms with E-state index in [9.17, 15) is 8.78 Å². The SMILES string of the molecule is CC(C)c1cc(NN)nc(-c2ccccc2OC(F)F)n1. The van der Waals surface area contributed by atoms with E-state index in [2.05, 4.69) is 20.1 Å². The molecule has 0 radical (unpaired) electrons. The third-order valence-corrected chi connectivity index (χ3v) is 2.83. The minimum absolute atomic E-state index is 0.0244. The van der Waals surface area contributed by atoms with Gasteiger partial charge in [0.1, 0.15) is 11.6 Å². The van der Waals surface area contributed by atoms with Gasteiger partial charge in [-0.1, -0.05) is 26.0 Å². The van der Waals surface area contributed by atoms with Gasteiger partial charge in [-0.15, -0.1) is 0 Å². The lowest BCUT2D eigenvalue weighted by molar-refractivity contribution is -0.0494. The number of rotatable bonds is 5. The van der Waals surface area contributed by atoms with Crippen LogP contribution in [0.4, 0.5) is 14.6 Å². The number of halogens is 2. The summed E-state index contributed by atoms with van der Waals surface area (Å²) in [6.45, 7) is 1.02. The highest BCUT2D eigenvalue weighted by atomic mass is 19.3. The van der Waals surface area contributed by atoms with Crippen LogP contribution in [0.3, 0.4) is 0 Å². The first kappa shape index (κ1) is 15.1. The standard InChI is InChI=1S/C14H16F2N4O/c1-8(2)10-7-12(20-17)19-13(18-10)9-5-3-4-6-11(9)21-14(15)16/h3-8,14H,17H2,1-2H3,(H,18,19,20). The molecule has 112 valence electrons. The molecule has 2 rings (SSSR count). The van der Waals surface area contributed by atoms with Crippen molar-refractivity contribution in [1.29, 1.82) is 0 Å². The molecule has 5 nitrogen and oxygen atoms in total. The third-order valence-electron chi connectivity index (χ3n) is 2.83. The largest absolute Gasteiger partial charge is 0.434 e. The number of aromatic nitrogens is 2. The molecule has 0 atom stereocenters. The first-order chi connectivity index (χ1) is 10.0. The molecule has 7 heteroatoms. The summed E-state index contributed by atoms with van der Waals surface area (Å²) in [5.41, 5.74) is 3.59. The fourth-order valence-corrected chi connectivity index (χ4v) is 1.81. The van der Waals surface area contributed by atoms with Crippen molar-refractivity contribution in [3.05, 3.63) is 36.0 Å². The normalized spacial score (nSPS) is 11.0. The molecule has 1 heterocycles. The van der Waals surface area contributed by atoms with Gasteiger partial charge in [-0.05, 0) is 18.1 Å². The smallest absolute Gasteiger partial charge is 0.387 e. The van der Waals surface area contributed by atoms with Crippen molar-refractivity contribution >= 4 is 5.82 Å². The molecule has 0 saturated heterocycles. The first-order valence-corrected chi connectivity index (χ1v) is 6.41. The molecule has 2 aromatic rings. The predicted molar refractivity (Wildman–Crippen MR) is 76.0 cm³/mol. The topological polar surface area (TPSA) is 73.1 Å². The van der Waals surface area contributed by atoms with Crippen LogP contribution >= 0.6 is 0 Å². The second-order valence-corrected chi connectivity index (χ2v) is 4.68. The fourth-order valence-electron chi connectivity index (χ4n) is 1.81. The lowest BCUT2D eigenvalue weighted by atomic mass is 10.1. The van der Waals surface area contributed by atoms with Gasteiger partial charge in [0.15, 0.2) is 5.82 Å². The highest BCUT2D eigenvalue weighted by Gasteiger charge is 2.15. The second-order valence-electron chi connectivity index (χ2n) is 4.68. The maximum atomic E-state index is 12.5. The Bertz CT molecular complexity index is 620. The lowest BCUT2D eigenvalue weighted by Gasteiger charge is -2.13. The second kappa shape index (κ2) is 6.45. The number of para-hydroxylation sites is 1. The highest BCUT2D eigenvalue weighted by molar-refractivity contribution is 5.65.